The molecule has 3 N–H and O–H groups in total. The summed E-state index contributed by atoms with van der Waals surface area (Å²) in [6, 6.07) is 6.27. The number of hydrazine groups is 1. The molecule has 1 aromatic heterocycles. The lowest BCUT2D eigenvalue weighted by Gasteiger charge is -2.17. The molecular formula is C14H15ClFN3. The number of pyridine rings is 1. The lowest BCUT2D eigenvalue weighted by molar-refractivity contribution is 0.527. The van der Waals surface area contributed by atoms with Crippen molar-refractivity contribution in [2.75, 3.05) is 0 Å². The molecule has 100 valence electrons. The molecule has 0 amide bonds. The van der Waals surface area contributed by atoms with E-state index in [1.807, 2.05) is 13.0 Å². The summed E-state index contributed by atoms with van der Waals surface area (Å²) in [7, 11) is 0. The number of nitrogens with one attached hydrogen (secondary N) is 1. The molecule has 5 heteroatoms. The molecule has 2 aromatic rings. The van der Waals surface area contributed by atoms with Crippen LogP contribution in [0.4, 0.5) is 4.39 Å². The summed E-state index contributed by atoms with van der Waals surface area (Å²) < 4.78 is 13.7. The third kappa shape index (κ3) is 3.50. The van der Waals surface area contributed by atoms with Crippen LogP contribution in [0.1, 0.15) is 22.7 Å². The molecule has 19 heavy (non-hydrogen) atoms. The van der Waals surface area contributed by atoms with Gasteiger partial charge in [0.15, 0.2) is 0 Å². The summed E-state index contributed by atoms with van der Waals surface area (Å²) in [6.07, 6.45) is 3.89. The third-order valence-electron chi connectivity index (χ3n) is 2.93. The molecule has 3 nitrogen and oxygen atoms in total. The monoisotopic (exact) mass is 279 g/mol. The molecule has 1 heterocycles. The highest BCUT2D eigenvalue weighted by molar-refractivity contribution is 6.30. The van der Waals surface area contributed by atoms with Gasteiger partial charge in [0.05, 0.1) is 6.04 Å². The number of rotatable bonds is 4. The fraction of sp³-hybridized carbons (Fsp3) is 0.214. The van der Waals surface area contributed by atoms with E-state index in [-0.39, 0.29) is 11.9 Å². The predicted octanol–water partition coefficient (Wildman–Crippen LogP) is 2.93. The number of nitrogens with zero attached hydrogens (tertiary/aromatic N) is 1. The van der Waals surface area contributed by atoms with Crippen LogP contribution in [0.2, 0.25) is 5.02 Å². The van der Waals surface area contributed by atoms with Gasteiger partial charge in [-0.2, -0.15) is 0 Å². The predicted molar refractivity (Wildman–Crippen MR) is 74.2 cm³/mol. The number of nitrogens with two attached hydrogens (primary N) is 1. The van der Waals surface area contributed by atoms with Gasteiger partial charge >= 0.3 is 0 Å². The minimum absolute atomic E-state index is 0.208. The van der Waals surface area contributed by atoms with Gasteiger partial charge in [0.25, 0.3) is 0 Å². The molecule has 1 atom stereocenters. The SMILES string of the molecule is Cc1cncc(C(Cc2cc(Cl)ccc2F)NN)c1. The zero-order chi connectivity index (χ0) is 13.8. The van der Waals surface area contributed by atoms with Crippen LogP contribution in [0, 0.1) is 12.7 Å². The molecule has 0 fully saturated rings. The van der Waals surface area contributed by atoms with Gasteiger partial charge in [-0.3, -0.25) is 16.3 Å². The van der Waals surface area contributed by atoms with Crippen molar-refractivity contribution in [3.05, 3.63) is 64.2 Å². The molecule has 0 radical (unpaired) electrons. The number of hydrogen-bond donors (Lipinski definition) is 2. The fourth-order valence-electron chi connectivity index (χ4n) is 1.96. The molecule has 0 aliphatic carbocycles. The number of benzene rings is 1. The Morgan fingerprint density at radius 1 is 1.37 bits per heavy atom. The number of hydrogen-bond acceptors (Lipinski definition) is 3. The number of aromatic nitrogens is 1. The van der Waals surface area contributed by atoms with E-state index in [0.29, 0.717) is 17.0 Å². The van der Waals surface area contributed by atoms with Crippen molar-refractivity contribution in [1.82, 2.24) is 10.4 Å². The lowest BCUT2D eigenvalue weighted by Crippen LogP contribution is -2.30. The van der Waals surface area contributed by atoms with Gasteiger partial charge in [-0.25, -0.2) is 4.39 Å². The molecule has 2 rings (SSSR count). The maximum absolute atomic E-state index is 13.7. The molecular weight excluding hydrogens is 265 g/mol. The van der Waals surface area contributed by atoms with Crippen molar-refractivity contribution in [3.63, 3.8) is 0 Å². The van der Waals surface area contributed by atoms with Crippen LogP contribution < -0.4 is 11.3 Å². The van der Waals surface area contributed by atoms with E-state index in [2.05, 4.69) is 10.4 Å². The van der Waals surface area contributed by atoms with Crippen LogP contribution in [-0.4, -0.2) is 4.98 Å². The van der Waals surface area contributed by atoms with Crippen molar-refractivity contribution >= 4 is 11.6 Å². The smallest absolute Gasteiger partial charge is 0.126 e. The zero-order valence-corrected chi connectivity index (χ0v) is 11.3. The Morgan fingerprint density at radius 3 is 2.84 bits per heavy atom. The summed E-state index contributed by atoms with van der Waals surface area (Å²) in [6.45, 7) is 1.95. The van der Waals surface area contributed by atoms with Gasteiger partial charge in [-0.05, 0) is 48.2 Å². The van der Waals surface area contributed by atoms with Gasteiger partial charge in [0.1, 0.15) is 5.82 Å². The standard InChI is InChI=1S/C14H15ClFN3/c1-9-4-11(8-18-7-9)14(19-17)6-10-5-12(15)2-3-13(10)16/h2-5,7-8,14,19H,6,17H2,1H3. The minimum Gasteiger partial charge on any atom is -0.271 e. The van der Waals surface area contributed by atoms with Crippen molar-refractivity contribution < 1.29 is 4.39 Å². The Morgan fingerprint density at radius 2 is 2.16 bits per heavy atom. The van der Waals surface area contributed by atoms with Crippen LogP contribution in [-0.2, 0) is 6.42 Å². The van der Waals surface area contributed by atoms with E-state index in [4.69, 9.17) is 17.4 Å². The lowest BCUT2D eigenvalue weighted by atomic mass is 9.99. The summed E-state index contributed by atoms with van der Waals surface area (Å²) in [5.41, 5.74) is 5.17. The quantitative estimate of drug-likeness (QED) is 0.668. The highest BCUT2D eigenvalue weighted by atomic mass is 35.5. The summed E-state index contributed by atoms with van der Waals surface area (Å²) in [4.78, 5) is 4.12. The van der Waals surface area contributed by atoms with E-state index in [9.17, 15) is 4.39 Å². The summed E-state index contributed by atoms with van der Waals surface area (Å²) in [5, 5.41) is 0.509. The molecule has 0 aliphatic heterocycles. The Hall–Kier alpha value is -1.49. The van der Waals surface area contributed by atoms with Crippen molar-refractivity contribution in [2.45, 2.75) is 19.4 Å². The van der Waals surface area contributed by atoms with Crippen molar-refractivity contribution in [1.29, 1.82) is 0 Å². The molecule has 0 spiro atoms. The molecule has 0 aliphatic rings. The first-order chi connectivity index (χ1) is 9.10. The van der Waals surface area contributed by atoms with Gasteiger partial charge < -0.3 is 0 Å². The largest absolute Gasteiger partial charge is 0.271 e. The maximum atomic E-state index is 13.7. The number of aryl methyl sites for hydroxylation is 1. The van der Waals surface area contributed by atoms with E-state index in [1.165, 1.54) is 12.1 Å². The first kappa shape index (κ1) is 13.9. The van der Waals surface area contributed by atoms with Gasteiger partial charge in [0, 0.05) is 17.4 Å². The molecule has 0 saturated carbocycles. The van der Waals surface area contributed by atoms with Gasteiger partial charge in [-0.1, -0.05) is 17.7 Å². The fourth-order valence-corrected chi connectivity index (χ4v) is 2.16. The van der Waals surface area contributed by atoms with Crippen molar-refractivity contribution in [3.8, 4) is 0 Å². The first-order valence-corrected chi connectivity index (χ1v) is 6.29. The van der Waals surface area contributed by atoms with Crippen LogP contribution >= 0.6 is 11.6 Å². The number of halogens is 2. The Balaban J connectivity index is 2.26. The topological polar surface area (TPSA) is 50.9 Å². The average molecular weight is 280 g/mol. The second-order valence-electron chi connectivity index (χ2n) is 4.45. The van der Waals surface area contributed by atoms with E-state index >= 15 is 0 Å². The van der Waals surface area contributed by atoms with E-state index in [0.717, 1.165) is 11.1 Å². The summed E-state index contributed by atoms with van der Waals surface area (Å²) >= 11 is 5.88. The van der Waals surface area contributed by atoms with Crippen molar-refractivity contribution in [2.24, 2.45) is 5.84 Å². The average Bonchev–Trinajstić information content (AvgIpc) is 2.39. The van der Waals surface area contributed by atoms with Crippen LogP contribution in [0.3, 0.4) is 0 Å². The molecule has 0 saturated heterocycles. The van der Waals surface area contributed by atoms with E-state index in [1.54, 1.807) is 18.5 Å². The Labute approximate surface area is 116 Å². The maximum Gasteiger partial charge on any atom is 0.126 e. The van der Waals surface area contributed by atoms with E-state index < -0.39 is 0 Å². The van der Waals surface area contributed by atoms with Gasteiger partial charge in [-0.15, -0.1) is 0 Å². The molecule has 1 unspecified atom stereocenters. The first-order valence-electron chi connectivity index (χ1n) is 5.91. The minimum atomic E-state index is -0.287. The normalized spacial score (nSPS) is 12.4. The Kier molecular flexibility index (Phi) is 4.47. The summed E-state index contributed by atoms with van der Waals surface area (Å²) in [5.74, 6) is 5.27. The molecule has 0 bridgehead atoms. The zero-order valence-electron chi connectivity index (χ0n) is 10.5. The molecule has 1 aromatic carbocycles. The van der Waals surface area contributed by atoms with Crippen LogP contribution in [0.5, 0.6) is 0 Å². The second kappa shape index (κ2) is 6.10. The highest BCUT2D eigenvalue weighted by Crippen LogP contribution is 2.22. The van der Waals surface area contributed by atoms with Crippen LogP contribution in [0.15, 0.2) is 36.7 Å². The highest BCUT2D eigenvalue weighted by Gasteiger charge is 2.14. The third-order valence-corrected chi connectivity index (χ3v) is 3.17. The Bertz CT molecular complexity index is 574. The second-order valence-corrected chi connectivity index (χ2v) is 4.89. The van der Waals surface area contributed by atoms with Gasteiger partial charge in [0.2, 0.25) is 0 Å². The van der Waals surface area contributed by atoms with Crippen LogP contribution in [0.25, 0.3) is 0 Å².